The summed E-state index contributed by atoms with van der Waals surface area (Å²) in [6.07, 6.45) is -0.538. The highest BCUT2D eigenvalue weighted by Crippen LogP contribution is 2.36. The number of benzene rings is 1. The van der Waals surface area contributed by atoms with Crippen LogP contribution in [0.2, 0.25) is 0 Å². The van der Waals surface area contributed by atoms with Gasteiger partial charge in [-0.3, -0.25) is 0 Å². The van der Waals surface area contributed by atoms with Crippen LogP contribution in [-0.4, -0.2) is 18.3 Å². The topological polar surface area (TPSA) is 38.7 Å². The van der Waals surface area contributed by atoms with Gasteiger partial charge in [0.1, 0.15) is 0 Å². The molecule has 1 atom stereocenters. The maximum Gasteiger partial charge on any atom is 0.162 e. The third kappa shape index (κ3) is 3.12. The van der Waals surface area contributed by atoms with Crippen molar-refractivity contribution >= 4 is 15.9 Å². The Balaban J connectivity index is 3.14. The molecule has 3 nitrogen and oxygen atoms in total. The van der Waals surface area contributed by atoms with Crippen LogP contribution in [0.4, 0.5) is 0 Å². The summed E-state index contributed by atoms with van der Waals surface area (Å²) in [5.41, 5.74) is 0.798. The van der Waals surface area contributed by atoms with Gasteiger partial charge in [-0.15, -0.1) is 0 Å². The fourth-order valence-corrected chi connectivity index (χ4v) is 2.06. The van der Waals surface area contributed by atoms with E-state index in [4.69, 9.17) is 9.47 Å². The average Bonchev–Trinajstić information content (AvgIpc) is 2.22. The second-order valence-electron chi connectivity index (χ2n) is 3.36. The second-order valence-corrected chi connectivity index (χ2v) is 4.22. The molecule has 0 radical (unpaired) electrons. The lowest BCUT2D eigenvalue weighted by Crippen LogP contribution is -2.01. The van der Waals surface area contributed by atoms with Gasteiger partial charge in [-0.2, -0.15) is 0 Å². The van der Waals surface area contributed by atoms with Crippen molar-refractivity contribution in [3.8, 4) is 11.5 Å². The molecule has 0 bridgehead atoms. The van der Waals surface area contributed by atoms with Gasteiger partial charge in [0.2, 0.25) is 0 Å². The third-order valence-electron chi connectivity index (χ3n) is 2.11. The molecule has 0 amide bonds. The minimum absolute atomic E-state index is 0.538. The smallest absolute Gasteiger partial charge is 0.162 e. The van der Waals surface area contributed by atoms with Crippen LogP contribution >= 0.6 is 15.9 Å². The SMILES string of the molecule is CCOc1cc(Br)c([C@@H](C)O)cc1OCC. The number of aliphatic hydroxyl groups excluding tert-OH is 1. The van der Waals surface area contributed by atoms with Crippen LogP contribution < -0.4 is 9.47 Å². The first kappa shape index (κ1) is 13.3. The van der Waals surface area contributed by atoms with Crippen molar-refractivity contribution in [3.05, 3.63) is 22.2 Å². The van der Waals surface area contributed by atoms with E-state index in [2.05, 4.69) is 15.9 Å². The summed E-state index contributed by atoms with van der Waals surface area (Å²) in [6, 6.07) is 3.64. The predicted molar refractivity (Wildman–Crippen MR) is 67.1 cm³/mol. The summed E-state index contributed by atoms with van der Waals surface area (Å²) in [6.45, 7) is 6.71. The monoisotopic (exact) mass is 288 g/mol. The van der Waals surface area contributed by atoms with E-state index in [1.54, 1.807) is 6.92 Å². The fraction of sp³-hybridized carbons (Fsp3) is 0.500. The minimum atomic E-state index is -0.538. The summed E-state index contributed by atoms with van der Waals surface area (Å²) < 4.78 is 11.8. The maximum atomic E-state index is 9.59. The van der Waals surface area contributed by atoms with E-state index in [1.807, 2.05) is 26.0 Å². The number of aliphatic hydroxyl groups is 1. The number of hydrogen-bond donors (Lipinski definition) is 1. The molecule has 16 heavy (non-hydrogen) atoms. The van der Waals surface area contributed by atoms with E-state index in [0.717, 1.165) is 10.0 Å². The quantitative estimate of drug-likeness (QED) is 0.904. The normalized spacial score (nSPS) is 12.3. The van der Waals surface area contributed by atoms with Crippen molar-refractivity contribution in [1.82, 2.24) is 0 Å². The Bertz CT molecular complexity index is 350. The molecule has 1 rings (SSSR count). The zero-order valence-electron chi connectivity index (χ0n) is 9.79. The summed E-state index contributed by atoms with van der Waals surface area (Å²) in [5.74, 6) is 1.36. The van der Waals surface area contributed by atoms with Crippen LogP contribution in [0.1, 0.15) is 32.4 Å². The van der Waals surface area contributed by atoms with Crippen LogP contribution in [-0.2, 0) is 0 Å². The minimum Gasteiger partial charge on any atom is -0.490 e. The summed E-state index contributed by atoms with van der Waals surface area (Å²) in [5, 5.41) is 9.59. The molecule has 4 heteroatoms. The first-order chi connectivity index (χ1) is 7.60. The van der Waals surface area contributed by atoms with Gasteiger partial charge in [0.25, 0.3) is 0 Å². The van der Waals surface area contributed by atoms with Crippen LogP contribution in [0.25, 0.3) is 0 Å². The fourth-order valence-electron chi connectivity index (χ4n) is 1.41. The van der Waals surface area contributed by atoms with Crippen molar-refractivity contribution in [2.24, 2.45) is 0 Å². The molecule has 0 saturated carbocycles. The Kier molecular flexibility index (Phi) is 5.09. The summed E-state index contributed by atoms with van der Waals surface area (Å²) >= 11 is 3.41. The molecule has 90 valence electrons. The molecular formula is C12H17BrO3. The molecule has 0 aromatic heterocycles. The number of rotatable bonds is 5. The molecule has 0 saturated heterocycles. The number of halogens is 1. The van der Waals surface area contributed by atoms with Crippen molar-refractivity contribution < 1.29 is 14.6 Å². The molecule has 0 aliphatic rings. The lowest BCUT2D eigenvalue weighted by molar-refractivity contribution is 0.197. The first-order valence-electron chi connectivity index (χ1n) is 5.37. The van der Waals surface area contributed by atoms with Crippen LogP contribution in [0.3, 0.4) is 0 Å². The van der Waals surface area contributed by atoms with Crippen LogP contribution in [0.15, 0.2) is 16.6 Å². The van der Waals surface area contributed by atoms with Crippen LogP contribution in [0, 0.1) is 0 Å². The Hall–Kier alpha value is -0.740. The van der Waals surface area contributed by atoms with E-state index in [1.165, 1.54) is 0 Å². The first-order valence-corrected chi connectivity index (χ1v) is 6.16. The van der Waals surface area contributed by atoms with Gasteiger partial charge in [-0.1, -0.05) is 15.9 Å². The highest BCUT2D eigenvalue weighted by atomic mass is 79.9. The predicted octanol–water partition coefficient (Wildman–Crippen LogP) is 3.30. The van der Waals surface area contributed by atoms with Crippen molar-refractivity contribution in [2.45, 2.75) is 26.9 Å². The van der Waals surface area contributed by atoms with Crippen molar-refractivity contribution in [2.75, 3.05) is 13.2 Å². The summed E-state index contributed by atoms with van der Waals surface area (Å²) in [7, 11) is 0. The average molecular weight is 289 g/mol. The highest BCUT2D eigenvalue weighted by Gasteiger charge is 2.13. The zero-order valence-corrected chi connectivity index (χ0v) is 11.4. The largest absolute Gasteiger partial charge is 0.490 e. The van der Waals surface area contributed by atoms with Gasteiger partial charge in [0.15, 0.2) is 11.5 Å². The Morgan fingerprint density at radius 2 is 1.69 bits per heavy atom. The lowest BCUT2D eigenvalue weighted by atomic mass is 10.1. The molecule has 0 heterocycles. The van der Waals surface area contributed by atoms with Crippen molar-refractivity contribution in [1.29, 1.82) is 0 Å². The van der Waals surface area contributed by atoms with E-state index < -0.39 is 6.10 Å². The molecule has 1 N–H and O–H groups in total. The van der Waals surface area contributed by atoms with E-state index in [9.17, 15) is 5.11 Å². The zero-order chi connectivity index (χ0) is 12.1. The molecule has 0 unspecified atom stereocenters. The van der Waals surface area contributed by atoms with Crippen LogP contribution in [0.5, 0.6) is 11.5 Å². The number of hydrogen-bond acceptors (Lipinski definition) is 3. The third-order valence-corrected chi connectivity index (χ3v) is 2.80. The van der Waals surface area contributed by atoms with E-state index in [0.29, 0.717) is 24.7 Å². The van der Waals surface area contributed by atoms with Gasteiger partial charge in [-0.05, 0) is 38.5 Å². The van der Waals surface area contributed by atoms with Gasteiger partial charge < -0.3 is 14.6 Å². The number of ether oxygens (including phenoxy) is 2. The lowest BCUT2D eigenvalue weighted by Gasteiger charge is -2.15. The van der Waals surface area contributed by atoms with Crippen molar-refractivity contribution in [3.63, 3.8) is 0 Å². The second kappa shape index (κ2) is 6.11. The Morgan fingerprint density at radius 1 is 1.19 bits per heavy atom. The maximum absolute atomic E-state index is 9.59. The molecule has 1 aromatic carbocycles. The highest BCUT2D eigenvalue weighted by molar-refractivity contribution is 9.10. The summed E-state index contributed by atoms with van der Waals surface area (Å²) in [4.78, 5) is 0. The molecule has 0 aliphatic heterocycles. The Labute approximate surface area is 105 Å². The molecule has 0 spiro atoms. The van der Waals surface area contributed by atoms with E-state index >= 15 is 0 Å². The van der Waals surface area contributed by atoms with Gasteiger partial charge in [0, 0.05) is 4.47 Å². The molecule has 0 aliphatic carbocycles. The molecule has 0 fully saturated rings. The van der Waals surface area contributed by atoms with Gasteiger partial charge in [-0.25, -0.2) is 0 Å². The Morgan fingerprint density at radius 3 is 2.12 bits per heavy atom. The molecule has 1 aromatic rings. The molecular weight excluding hydrogens is 272 g/mol. The van der Waals surface area contributed by atoms with Gasteiger partial charge in [0.05, 0.1) is 19.3 Å². The van der Waals surface area contributed by atoms with E-state index in [-0.39, 0.29) is 0 Å². The standard InChI is InChI=1S/C12H17BrO3/c1-4-15-11-6-9(8(3)14)10(13)7-12(11)16-5-2/h6-8,14H,4-5H2,1-3H3/t8-/m1/s1. The van der Waals surface area contributed by atoms with Gasteiger partial charge >= 0.3 is 0 Å².